The second-order valence-corrected chi connectivity index (χ2v) is 6.08. The smallest absolute Gasteiger partial charge is 0.488 e. The normalized spacial score (nSPS) is 17.9. The first kappa shape index (κ1) is 22.8. The Bertz CT molecular complexity index is 544. The quantitative estimate of drug-likeness (QED) is 0.544. The molecule has 2 rings (SSSR count). The molecule has 2 bridgehead atoms. The lowest BCUT2D eigenvalue weighted by Crippen LogP contribution is -2.31. The average molecular weight is 396 g/mol. The zero-order chi connectivity index (χ0) is 20.0. The van der Waals surface area contributed by atoms with E-state index in [0.717, 1.165) is 0 Å². The Morgan fingerprint density at radius 1 is 0.821 bits per heavy atom. The maximum atomic E-state index is 9.62. The van der Waals surface area contributed by atoms with Gasteiger partial charge in [-0.2, -0.15) is 0 Å². The van der Waals surface area contributed by atoms with Crippen LogP contribution in [0, 0.1) is 0 Å². The van der Waals surface area contributed by atoms with Crippen molar-refractivity contribution >= 4 is 12.6 Å². The van der Waals surface area contributed by atoms with Gasteiger partial charge in [0.25, 0.3) is 0 Å². The predicted octanol–water partition coefficient (Wildman–Crippen LogP) is 0.0278. The Morgan fingerprint density at radius 3 is 1.64 bits per heavy atom. The van der Waals surface area contributed by atoms with Gasteiger partial charge in [-0.25, -0.2) is 0 Å². The zero-order valence-corrected chi connectivity index (χ0v) is 16.1. The molecule has 0 atom stereocenters. The summed E-state index contributed by atoms with van der Waals surface area (Å²) in [4.78, 5) is 0. The van der Waals surface area contributed by atoms with Gasteiger partial charge in [0, 0.05) is 11.1 Å². The highest BCUT2D eigenvalue weighted by atomic mass is 16.6. The van der Waals surface area contributed by atoms with E-state index in [1.54, 1.807) is 18.2 Å². The molecule has 0 aromatic heterocycles. The summed E-state index contributed by atoms with van der Waals surface area (Å²) < 4.78 is 33.5. The number of hydrogen-bond acceptors (Lipinski definition) is 8. The summed E-state index contributed by atoms with van der Waals surface area (Å²) in [6.07, 6.45) is 1.65. The third-order valence-corrected chi connectivity index (χ3v) is 3.91. The molecule has 1 heterocycles. The summed E-state index contributed by atoms with van der Waals surface area (Å²) in [5.41, 5.74) is 1.75. The Hall–Kier alpha value is -1.46. The van der Waals surface area contributed by atoms with Gasteiger partial charge in [0.15, 0.2) is 0 Å². The maximum absolute atomic E-state index is 9.62. The van der Waals surface area contributed by atoms with E-state index in [9.17, 15) is 10.0 Å². The molecular formula is C19H29BO8. The maximum Gasteiger partial charge on any atom is 0.488 e. The van der Waals surface area contributed by atoms with Crippen molar-refractivity contribution in [1.29, 1.82) is 0 Å². The van der Waals surface area contributed by atoms with Gasteiger partial charge in [-0.15, -0.1) is 0 Å². The SMILES string of the molecule is C=CCOc1c2cc(B(O)O)cc1COCCOCCOCCOCCOC2. The minimum Gasteiger partial charge on any atom is -0.489 e. The molecule has 0 amide bonds. The van der Waals surface area contributed by atoms with Gasteiger partial charge in [0.05, 0.1) is 66.1 Å². The first-order valence-electron chi connectivity index (χ1n) is 9.36. The highest BCUT2D eigenvalue weighted by molar-refractivity contribution is 6.58. The lowest BCUT2D eigenvalue weighted by atomic mass is 9.78. The molecule has 0 fully saturated rings. The highest BCUT2D eigenvalue weighted by Crippen LogP contribution is 2.25. The molecule has 0 spiro atoms. The Balaban J connectivity index is 2.15. The molecule has 0 saturated heterocycles. The molecule has 0 unspecified atom stereocenters. The van der Waals surface area contributed by atoms with E-state index in [-0.39, 0.29) is 13.2 Å². The van der Waals surface area contributed by atoms with E-state index in [2.05, 4.69) is 6.58 Å². The van der Waals surface area contributed by atoms with Crippen LogP contribution >= 0.6 is 0 Å². The second-order valence-electron chi connectivity index (χ2n) is 6.08. The molecule has 1 aliphatic heterocycles. The van der Waals surface area contributed by atoms with Crippen molar-refractivity contribution in [3.05, 3.63) is 35.9 Å². The van der Waals surface area contributed by atoms with Crippen LogP contribution in [0.15, 0.2) is 24.8 Å². The topological polar surface area (TPSA) is 95.8 Å². The van der Waals surface area contributed by atoms with Gasteiger partial charge in [-0.1, -0.05) is 24.8 Å². The Labute approximate surface area is 166 Å². The number of rotatable bonds is 4. The van der Waals surface area contributed by atoms with Crippen molar-refractivity contribution in [3.63, 3.8) is 0 Å². The number of ether oxygens (including phenoxy) is 6. The Kier molecular flexibility index (Phi) is 11.2. The molecule has 0 radical (unpaired) electrons. The van der Waals surface area contributed by atoms with Crippen LogP contribution in [0.5, 0.6) is 5.75 Å². The van der Waals surface area contributed by atoms with E-state index >= 15 is 0 Å². The summed E-state index contributed by atoms with van der Waals surface area (Å²) in [6.45, 7) is 8.07. The van der Waals surface area contributed by atoms with Crippen LogP contribution in [0.3, 0.4) is 0 Å². The lowest BCUT2D eigenvalue weighted by Gasteiger charge is -2.18. The van der Waals surface area contributed by atoms with Gasteiger partial charge >= 0.3 is 7.12 Å². The van der Waals surface area contributed by atoms with Gasteiger partial charge < -0.3 is 38.5 Å². The average Bonchev–Trinajstić information content (AvgIpc) is 2.68. The lowest BCUT2D eigenvalue weighted by molar-refractivity contribution is -0.0148. The number of hydrogen-bond donors (Lipinski definition) is 2. The van der Waals surface area contributed by atoms with Gasteiger partial charge in [-0.3, -0.25) is 0 Å². The molecule has 8 nitrogen and oxygen atoms in total. The molecular weight excluding hydrogens is 367 g/mol. The molecule has 1 aromatic rings. The largest absolute Gasteiger partial charge is 0.489 e. The monoisotopic (exact) mass is 396 g/mol. The molecule has 156 valence electrons. The van der Waals surface area contributed by atoms with Gasteiger partial charge in [-0.05, 0) is 5.46 Å². The van der Waals surface area contributed by atoms with Crippen LogP contribution in [0.1, 0.15) is 11.1 Å². The summed E-state index contributed by atoms with van der Waals surface area (Å²) in [6, 6.07) is 3.31. The molecule has 0 saturated carbocycles. The minimum absolute atomic E-state index is 0.239. The van der Waals surface area contributed by atoms with Crippen molar-refractivity contribution in [1.82, 2.24) is 0 Å². The van der Waals surface area contributed by atoms with Gasteiger partial charge in [0.2, 0.25) is 0 Å². The third kappa shape index (κ3) is 8.28. The third-order valence-electron chi connectivity index (χ3n) is 3.91. The summed E-state index contributed by atoms with van der Waals surface area (Å²) >= 11 is 0. The first-order chi connectivity index (χ1) is 13.7. The standard InChI is InChI=1S/C19H29BO8/c1-2-3-28-19-16-12-18(20(21)22)13-17(19)15-27-11-9-25-7-5-23-4-6-24-8-10-26-14-16/h2,12-13,21-22H,1,3-11,14-15H2. The van der Waals surface area contributed by atoms with Gasteiger partial charge in [0.1, 0.15) is 12.4 Å². The Morgan fingerprint density at radius 2 is 1.25 bits per heavy atom. The summed E-state index contributed by atoms with van der Waals surface area (Å²) in [5.74, 6) is 0.598. The van der Waals surface area contributed by atoms with E-state index in [1.165, 1.54) is 0 Å². The van der Waals surface area contributed by atoms with Crippen LogP contribution < -0.4 is 10.2 Å². The molecule has 1 aromatic carbocycles. The minimum atomic E-state index is -1.60. The molecule has 9 heteroatoms. The highest BCUT2D eigenvalue weighted by Gasteiger charge is 2.19. The van der Waals surface area contributed by atoms with E-state index < -0.39 is 7.12 Å². The zero-order valence-electron chi connectivity index (χ0n) is 16.1. The molecule has 28 heavy (non-hydrogen) atoms. The predicted molar refractivity (Wildman–Crippen MR) is 104 cm³/mol. The van der Waals surface area contributed by atoms with Crippen molar-refractivity contribution in [2.45, 2.75) is 13.2 Å². The van der Waals surface area contributed by atoms with E-state index in [4.69, 9.17) is 28.4 Å². The molecule has 1 aliphatic rings. The van der Waals surface area contributed by atoms with Crippen molar-refractivity contribution in [2.75, 3.05) is 59.5 Å². The molecule has 2 N–H and O–H groups in total. The number of benzene rings is 1. The molecule has 0 aliphatic carbocycles. The summed E-state index contributed by atoms with van der Waals surface area (Å²) in [7, 11) is -1.60. The van der Waals surface area contributed by atoms with Crippen LogP contribution in [0.2, 0.25) is 0 Å². The van der Waals surface area contributed by atoms with E-state index in [1.807, 2.05) is 0 Å². The van der Waals surface area contributed by atoms with Crippen molar-refractivity contribution < 1.29 is 38.5 Å². The van der Waals surface area contributed by atoms with Crippen LogP contribution in [-0.2, 0) is 36.9 Å². The second kappa shape index (κ2) is 13.7. The van der Waals surface area contributed by atoms with Crippen LogP contribution in [-0.4, -0.2) is 76.6 Å². The fourth-order valence-electron chi connectivity index (χ4n) is 2.61. The first-order valence-corrected chi connectivity index (χ1v) is 9.36. The van der Waals surface area contributed by atoms with Crippen LogP contribution in [0.4, 0.5) is 0 Å². The van der Waals surface area contributed by atoms with E-state index in [0.29, 0.717) is 81.8 Å². The summed E-state index contributed by atoms with van der Waals surface area (Å²) in [5, 5.41) is 19.2. The van der Waals surface area contributed by atoms with Crippen molar-refractivity contribution in [2.24, 2.45) is 0 Å². The fraction of sp³-hybridized carbons (Fsp3) is 0.579. The van der Waals surface area contributed by atoms with Crippen LogP contribution in [0.25, 0.3) is 0 Å². The van der Waals surface area contributed by atoms with Crippen molar-refractivity contribution in [3.8, 4) is 5.75 Å². The fourth-order valence-corrected chi connectivity index (χ4v) is 2.61. The number of fused-ring (bicyclic) bond motifs is 2.